The molecule has 1 aromatic rings. The Morgan fingerprint density at radius 1 is 1.67 bits per heavy atom. The molecule has 1 heterocycles. The molecule has 0 aromatic carbocycles. The fourth-order valence-corrected chi connectivity index (χ4v) is 1.33. The lowest BCUT2D eigenvalue weighted by Gasteiger charge is -1.89. The van der Waals surface area contributed by atoms with E-state index in [1.54, 1.807) is 0 Å². The molecule has 0 radical (unpaired) electrons. The Balaban J connectivity index is 2.89. The van der Waals surface area contributed by atoms with Gasteiger partial charge in [0.15, 0.2) is 0 Å². The molecule has 0 atom stereocenters. The highest BCUT2D eigenvalue weighted by molar-refractivity contribution is 9.09. The summed E-state index contributed by atoms with van der Waals surface area (Å²) in [5, 5.41) is 5.23. The van der Waals surface area contributed by atoms with Crippen molar-refractivity contribution >= 4 is 22.0 Å². The number of aryl methyl sites for hydroxylation is 2. The monoisotopic (exact) mass is 228 g/mol. The van der Waals surface area contributed by atoms with E-state index in [1.165, 1.54) is 5.56 Å². The summed E-state index contributed by atoms with van der Waals surface area (Å²) < 4.78 is 1.85. The maximum absolute atomic E-state index is 4.33. The van der Waals surface area contributed by atoms with Gasteiger partial charge in [-0.05, 0) is 6.42 Å². The van der Waals surface area contributed by atoms with Crippen molar-refractivity contribution in [2.45, 2.75) is 13.3 Å². The second kappa shape index (κ2) is 4.45. The van der Waals surface area contributed by atoms with Crippen molar-refractivity contribution in [3.8, 4) is 0 Å². The molecule has 12 heavy (non-hydrogen) atoms. The molecule has 0 bridgehead atoms. The number of nitrogens with zero attached hydrogens (tertiary/aromatic N) is 2. The largest absolute Gasteiger partial charge is 0.275 e. The molecule has 0 aliphatic heterocycles. The van der Waals surface area contributed by atoms with Crippen LogP contribution in [0.2, 0.25) is 0 Å². The van der Waals surface area contributed by atoms with Crippen molar-refractivity contribution in [1.29, 1.82) is 0 Å². The lowest BCUT2D eigenvalue weighted by atomic mass is 10.2. The van der Waals surface area contributed by atoms with E-state index in [2.05, 4.69) is 40.1 Å². The molecule has 0 aliphatic carbocycles. The third-order valence-electron chi connectivity index (χ3n) is 1.66. The smallest absolute Gasteiger partial charge is 0.0693 e. The molecule has 1 rings (SSSR count). The maximum Gasteiger partial charge on any atom is 0.0693 e. The zero-order valence-corrected chi connectivity index (χ0v) is 9.00. The molecular weight excluding hydrogens is 216 g/mol. The van der Waals surface area contributed by atoms with Gasteiger partial charge in [-0.1, -0.05) is 35.0 Å². The average molecular weight is 229 g/mol. The van der Waals surface area contributed by atoms with Gasteiger partial charge in [-0.25, -0.2) is 0 Å². The summed E-state index contributed by atoms with van der Waals surface area (Å²) in [6.07, 6.45) is 7.21. The number of alkyl halides is 1. The second-order valence-electron chi connectivity index (χ2n) is 2.62. The predicted octanol–water partition coefficient (Wildman–Crippen LogP) is 2.39. The van der Waals surface area contributed by atoms with Crippen LogP contribution in [0.25, 0.3) is 6.08 Å². The second-order valence-corrected chi connectivity index (χ2v) is 3.26. The summed E-state index contributed by atoms with van der Waals surface area (Å²) in [5.74, 6) is 0. The number of allylic oxidation sites excluding steroid dienone is 1. The van der Waals surface area contributed by atoms with E-state index in [9.17, 15) is 0 Å². The third kappa shape index (κ3) is 2.21. The fourth-order valence-electron chi connectivity index (χ4n) is 1.14. The highest BCUT2D eigenvalue weighted by Crippen LogP contribution is 2.09. The SMILES string of the molecule is CCc1nn(C)cc1/C=C/CBr. The number of hydrogen-bond acceptors (Lipinski definition) is 1. The quantitative estimate of drug-likeness (QED) is 0.727. The van der Waals surface area contributed by atoms with E-state index in [0.717, 1.165) is 17.4 Å². The fraction of sp³-hybridized carbons (Fsp3) is 0.444. The van der Waals surface area contributed by atoms with Crippen molar-refractivity contribution in [1.82, 2.24) is 9.78 Å². The topological polar surface area (TPSA) is 17.8 Å². The molecule has 0 fully saturated rings. The van der Waals surface area contributed by atoms with Crippen LogP contribution in [0.15, 0.2) is 12.3 Å². The zero-order chi connectivity index (χ0) is 8.97. The molecule has 66 valence electrons. The van der Waals surface area contributed by atoms with Gasteiger partial charge in [-0.3, -0.25) is 4.68 Å². The molecule has 3 heteroatoms. The summed E-state index contributed by atoms with van der Waals surface area (Å²) in [6.45, 7) is 2.12. The number of halogens is 1. The Labute approximate surface area is 81.4 Å². The van der Waals surface area contributed by atoms with Crippen LogP contribution < -0.4 is 0 Å². The maximum atomic E-state index is 4.33. The van der Waals surface area contributed by atoms with E-state index in [-0.39, 0.29) is 0 Å². The van der Waals surface area contributed by atoms with E-state index in [4.69, 9.17) is 0 Å². The van der Waals surface area contributed by atoms with E-state index in [1.807, 2.05) is 17.9 Å². The highest BCUT2D eigenvalue weighted by Gasteiger charge is 2.00. The molecule has 1 aromatic heterocycles. The molecule has 2 nitrogen and oxygen atoms in total. The summed E-state index contributed by atoms with van der Waals surface area (Å²) in [6, 6.07) is 0. The van der Waals surface area contributed by atoms with Crippen molar-refractivity contribution in [3.05, 3.63) is 23.5 Å². The minimum Gasteiger partial charge on any atom is -0.275 e. The Bertz CT molecular complexity index is 276. The van der Waals surface area contributed by atoms with Gasteiger partial charge in [0.25, 0.3) is 0 Å². The van der Waals surface area contributed by atoms with Crippen LogP contribution in [0.5, 0.6) is 0 Å². The minimum absolute atomic E-state index is 0.894. The first-order chi connectivity index (χ1) is 5.77. The predicted molar refractivity (Wildman–Crippen MR) is 55.4 cm³/mol. The highest BCUT2D eigenvalue weighted by atomic mass is 79.9. The molecule has 0 spiro atoms. The molecular formula is C9H13BrN2. The van der Waals surface area contributed by atoms with Crippen LogP contribution in [0.4, 0.5) is 0 Å². The molecule has 0 aliphatic rings. The Kier molecular flexibility index (Phi) is 3.53. The van der Waals surface area contributed by atoms with Crippen LogP contribution >= 0.6 is 15.9 Å². The Morgan fingerprint density at radius 3 is 3.00 bits per heavy atom. The lowest BCUT2D eigenvalue weighted by Crippen LogP contribution is -1.88. The Hall–Kier alpha value is -0.570. The number of rotatable bonds is 3. The first kappa shape index (κ1) is 9.52. The van der Waals surface area contributed by atoms with Gasteiger partial charge in [-0.2, -0.15) is 5.10 Å². The van der Waals surface area contributed by atoms with Crippen LogP contribution in [-0.4, -0.2) is 15.1 Å². The molecule has 0 saturated heterocycles. The van der Waals surface area contributed by atoms with Crippen molar-refractivity contribution < 1.29 is 0 Å². The average Bonchev–Trinajstić information content (AvgIpc) is 2.42. The van der Waals surface area contributed by atoms with Crippen molar-refractivity contribution in [3.63, 3.8) is 0 Å². The molecule has 0 unspecified atom stereocenters. The van der Waals surface area contributed by atoms with Crippen LogP contribution in [0.1, 0.15) is 18.2 Å². The van der Waals surface area contributed by atoms with E-state index >= 15 is 0 Å². The Morgan fingerprint density at radius 2 is 2.42 bits per heavy atom. The summed E-state index contributed by atoms with van der Waals surface area (Å²) in [4.78, 5) is 0. The molecule has 0 amide bonds. The molecule has 0 saturated carbocycles. The third-order valence-corrected chi connectivity index (χ3v) is 2.03. The normalized spacial score (nSPS) is 11.2. The van der Waals surface area contributed by atoms with Gasteiger partial charge in [0, 0.05) is 24.1 Å². The lowest BCUT2D eigenvalue weighted by molar-refractivity contribution is 0.746. The summed E-state index contributed by atoms with van der Waals surface area (Å²) in [5.41, 5.74) is 2.38. The van der Waals surface area contributed by atoms with Crippen LogP contribution in [0, 0.1) is 0 Å². The van der Waals surface area contributed by atoms with Gasteiger partial charge in [0.2, 0.25) is 0 Å². The number of hydrogen-bond donors (Lipinski definition) is 0. The van der Waals surface area contributed by atoms with Gasteiger partial charge in [-0.15, -0.1) is 0 Å². The standard InChI is InChI=1S/C9H13BrN2/c1-3-9-8(5-4-6-10)7-12(2)11-9/h4-5,7H,3,6H2,1-2H3/b5-4+. The van der Waals surface area contributed by atoms with Crippen LogP contribution in [0.3, 0.4) is 0 Å². The zero-order valence-electron chi connectivity index (χ0n) is 7.42. The first-order valence-corrected chi connectivity index (χ1v) is 5.15. The summed E-state index contributed by atoms with van der Waals surface area (Å²) in [7, 11) is 1.95. The van der Waals surface area contributed by atoms with Crippen LogP contribution in [-0.2, 0) is 13.5 Å². The van der Waals surface area contributed by atoms with Crippen molar-refractivity contribution in [2.75, 3.05) is 5.33 Å². The van der Waals surface area contributed by atoms with E-state index in [0.29, 0.717) is 0 Å². The first-order valence-electron chi connectivity index (χ1n) is 4.03. The van der Waals surface area contributed by atoms with Gasteiger partial charge in [0.1, 0.15) is 0 Å². The van der Waals surface area contributed by atoms with Gasteiger partial charge >= 0.3 is 0 Å². The van der Waals surface area contributed by atoms with Gasteiger partial charge in [0.05, 0.1) is 5.69 Å². The van der Waals surface area contributed by atoms with Gasteiger partial charge < -0.3 is 0 Å². The molecule has 0 N–H and O–H groups in total. The minimum atomic E-state index is 0.894. The van der Waals surface area contributed by atoms with Crippen molar-refractivity contribution in [2.24, 2.45) is 7.05 Å². The summed E-state index contributed by atoms with van der Waals surface area (Å²) >= 11 is 3.35. The van der Waals surface area contributed by atoms with E-state index < -0.39 is 0 Å². The number of aromatic nitrogens is 2.